The van der Waals surface area contributed by atoms with Crippen molar-refractivity contribution < 1.29 is 19.1 Å². The number of ether oxygens (including phenoxy) is 2. The smallest absolute Gasteiger partial charge is 0.254 e. The highest BCUT2D eigenvalue weighted by Gasteiger charge is 2.73. The van der Waals surface area contributed by atoms with E-state index in [2.05, 4.69) is 33.2 Å². The Balaban J connectivity index is 1.20. The van der Waals surface area contributed by atoms with Gasteiger partial charge in [0.15, 0.2) is 11.5 Å². The van der Waals surface area contributed by atoms with Crippen molar-refractivity contribution in [3.8, 4) is 11.5 Å². The minimum atomic E-state index is -0.270. The second-order valence-electron chi connectivity index (χ2n) is 9.51. The Morgan fingerprint density at radius 2 is 1.80 bits per heavy atom. The summed E-state index contributed by atoms with van der Waals surface area (Å²) in [6, 6.07) is 8.75. The number of fused-ring (bicyclic) bond motifs is 3. The van der Waals surface area contributed by atoms with Crippen LogP contribution >= 0.6 is 39.1 Å². The highest BCUT2D eigenvalue weighted by molar-refractivity contribution is 9.10. The van der Waals surface area contributed by atoms with Crippen LogP contribution in [0.25, 0.3) is 0 Å². The van der Waals surface area contributed by atoms with Crippen LogP contribution < -0.4 is 9.47 Å². The molecule has 3 aliphatic carbocycles. The van der Waals surface area contributed by atoms with Gasteiger partial charge in [-0.25, -0.2) is 0 Å². The molecule has 0 unspecified atom stereocenters. The minimum absolute atomic E-state index is 0.167. The largest absolute Gasteiger partial charge is 0.493 e. The first-order chi connectivity index (χ1) is 16.8. The molecular weight excluding hydrogens is 555 g/mol. The van der Waals surface area contributed by atoms with E-state index in [9.17, 15) is 9.59 Å². The fourth-order valence-electron chi connectivity index (χ4n) is 6.04. The van der Waals surface area contributed by atoms with Gasteiger partial charge in [0.25, 0.3) is 11.8 Å². The zero-order chi connectivity index (χ0) is 24.5. The summed E-state index contributed by atoms with van der Waals surface area (Å²) in [5.41, 5.74) is 1.60. The van der Waals surface area contributed by atoms with E-state index in [4.69, 9.17) is 32.7 Å². The van der Waals surface area contributed by atoms with E-state index in [0.717, 1.165) is 23.4 Å². The molecule has 35 heavy (non-hydrogen) atoms. The van der Waals surface area contributed by atoms with E-state index in [1.165, 1.54) is 13.3 Å². The molecule has 2 aromatic carbocycles. The van der Waals surface area contributed by atoms with Crippen molar-refractivity contribution in [3.05, 3.63) is 68.1 Å². The molecule has 3 fully saturated rings. The number of benzene rings is 2. The standard InChI is InChI=1S/C26H21BrCl2N2O4/c1-34-20-9-13(8-18(27)23(20)35-12-14-2-3-15(28)10-19(14)29)11-30-31-24(32)21-16-4-5-17(22(21)25(31)33)26(16)6-7-26/h2-5,8-11,16-17,21-22H,6-7,12H2,1H3/b30-11-/t16-,17-,21+,22+/m1/s1. The van der Waals surface area contributed by atoms with Crippen LogP contribution in [0, 0.1) is 29.1 Å². The Bertz CT molecular complexity index is 1290. The second kappa shape index (κ2) is 8.36. The van der Waals surface area contributed by atoms with Gasteiger partial charge in [-0.05, 0) is 75.9 Å². The number of hydrogen-bond donors (Lipinski definition) is 0. The molecule has 2 saturated carbocycles. The topological polar surface area (TPSA) is 68.2 Å². The van der Waals surface area contributed by atoms with Crippen LogP contribution in [0.5, 0.6) is 11.5 Å². The van der Waals surface area contributed by atoms with Gasteiger partial charge < -0.3 is 9.47 Å². The predicted octanol–water partition coefficient (Wildman–Crippen LogP) is 5.87. The van der Waals surface area contributed by atoms with Crippen LogP contribution in [-0.2, 0) is 16.2 Å². The normalized spacial score (nSPS) is 27.4. The number of hydrogen-bond acceptors (Lipinski definition) is 5. The first kappa shape index (κ1) is 23.1. The van der Waals surface area contributed by atoms with E-state index in [0.29, 0.717) is 31.6 Å². The summed E-state index contributed by atoms with van der Waals surface area (Å²) in [6.07, 6.45) is 8.02. The molecule has 1 saturated heterocycles. The maximum Gasteiger partial charge on any atom is 0.254 e. The van der Waals surface area contributed by atoms with Crippen molar-refractivity contribution in [2.24, 2.45) is 34.2 Å². The van der Waals surface area contributed by atoms with Crippen LogP contribution in [0.4, 0.5) is 0 Å². The molecule has 180 valence electrons. The predicted molar refractivity (Wildman–Crippen MR) is 136 cm³/mol. The van der Waals surface area contributed by atoms with Gasteiger partial charge in [-0.2, -0.15) is 10.1 Å². The van der Waals surface area contributed by atoms with Crippen molar-refractivity contribution in [3.63, 3.8) is 0 Å². The summed E-state index contributed by atoms with van der Waals surface area (Å²) < 4.78 is 12.1. The molecule has 4 aliphatic rings. The molecule has 1 heterocycles. The maximum absolute atomic E-state index is 13.1. The minimum Gasteiger partial charge on any atom is -0.493 e. The lowest BCUT2D eigenvalue weighted by molar-refractivity contribution is -0.141. The SMILES string of the molecule is COc1cc(/C=N\N2C(=O)[C@@H]3[C@@H](C2=O)[C@H]2C=C[C@H]3C23CC3)cc(Br)c1OCc1ccc(Cl)cc1Cl. The Morgan fingerprint density at radius 3 is 2.40 bits per heavy atom. The lowest BCUT2D eigenvalue weighted by atomic mass is 9.85. The Labute approximate surface area is 221 Å². The summed E-state index contributed by atoms with van der Waals surface area (Å²) in [5.74, 6) is 0.400. The Hall–Kier alpha value is -2.35. The molecule has 1 spiro atoms. The molecule has 0 N–H and O–H groups in total. The average Bonchev–Trinajstić information content (AvgIpc) is 3.43. The van der Waals surface area contributed by atoms with Crippen LogP contribution in [0.2, 0.25) is 10.0 Å². The molecule has 1 aliphatic heterocycles. The lowest BCUT2D eigenvalue weighted by Crippen LogP contribution is -2.30. The number of halogens is 3. The molecule has 4 atom stereocenters. The molecule has 0 aromatic heterocycles. The van der Waals surface area contributed by atoms with Crippen LogP contribution in [0.1, 0.15) is 24.0 Å². The van der Waals surface area contributed by atoms with Gasteiger partial charge in [-0.3, -0.25) is 9.59 Å². The van der Waals surface area contributed by atoms with Crippen LogP contribution in [0.3, 0.4) is 0 Å². The third-order valence-corrected chi connectivity index (χ3v) is 8.97. The highest BCUT2D eigenvalue weighted by Crippen LogP contribution is 2.73. The molecular formula is C26H21BrCl2N2O4. The fourth-order valence-corrected chi connectivity index (χ4v) is 7.08. The van der Waals surface area contributed by atoms with Gasteiger partial charge in [-0.15, -0.1) is 0 Å². The van der Waals surface area contributed by atoms with E-state index in [1.54, 1.807) is 30.3 Å². The molecule has 9 heteroatoms. The molecule has 2 aromatic rings. The molecule has 2 bridgehead atoms. The van der Waals surface area contributed by atoms with E-state index < -0.39 is 0 Å². The summed E-state index contributed by atoms with van der Waals surface area (Å²) in [4.78, 5) is 26.2. The summed E-state index contributed by atoms with van der Waals surface area (Å²) >= 11 is 15.7. The number of imide groups is 1. The highest BCUT2D eigenvalue weighted by atomic mass is 79.9. The number of carbonyl (C=O) groups is 2. The van der Waals surface area contributed by atoms with E-state index in [1.807, 2.05) is 0 Å². The van der Waals surface area contributed by atoms with Gasteiger partial charge in [0, 0.05) is 15.6 Å². The molecule has 6 nitrogen and oxygen atoms in total. The summed E-state index contributed by atoms with van der Waals surface area (Å²) in [5, 5.41) is 6.42. The Kier molecular flexibility index (Phi) is 5.51. The van der Waals surface area contributed by atoms with Crippen LogP contribution in [-0.4, -0.2) is 30.1 Å². The van der Waals surface area contributed by atoms with Gasteiger partial charge >= 0.3 is 0 Å². The number of methoxy groups -OCH3 is 1. The van der Waals surface area contributed by atoms with Gasteiger partial charge in [-0.1, -0.05) is 41.4 Å². The van der Waals surface area contributed by atoms with Crippen molar-refractivity contribution in [2.75, 3.05) is 7.11 Å². The van der Waals surface area contributed by atoms with Crippen molar-refractivity contribution in [1.82, 2.24) is 5.01 Å². The van der Waals surface area contributed by atoms with Crippen molar-refractivity contribution in [1.29, 1.82) is 0 Å². The first-order valence-electron chi connectivity index (χ1n) is 11.4. The molecule has 0 radical (unpaired) electrons. The molecule has 6 rings (SSSR count). The van der Waals surface area contributed by atoms with Gasteiger partial charge in [0.1, 0.15) is 6.61 Å². The number of carbonyl (C=O) groups excluding carboxylic acids is 2. The van der Waals surface area contributed by atoms with Crippen LogP contribution in [0.15, 0.2) is 52.1 Å². The zero-order valence-electron chi connectivity index (χ0n) is 18.7. The number of amides is 2. The second-order valence-corrected chi connectivity index (χ2v) is 11.2. The average molecular weight is 576 g/mol. The molecule has 2 amide bonds. The third kappa shape index (κ3) is 3.54. The fraction of sp³-hybridized carbons (Fsp3) is 0.346. The number of hydrazone groups is 1. The van der Waals surface area contributed by atoms with Crippen molar-refractivity contribution in [2.45, 2.75) is 19.4 Å². The van der Waals surface area contributed by atoms with Crippen molar-refractivity contribution >= 4 is 57.2 Å². The first-order valence-corrected chi connectivity index (χ1v) is 12.9. The summed E-state index contributed by atoms with van der Waals surface area (Å²) in [6.45, 7) is 0.218. The quantitative estimate of drug-likeness (QED) is 0.245. The lowest BCUT2D eigenvalue weighted by Gasteiger charge is -2.18. The number of nitrogens with zero attached hydrogens (tertiary/aromatic N) is 2. The summed E-state index contributed by atoms with van der Waals surface area (Å²) in [7, 11) is 1.54. The zero-order valence-corrected chi connectivity index (χ0v) is 21.8. The third-order valence-electron chi connectivity index (χ3n) is 7.79. The van der Waals surface area contributed by atoms with E-state index >= 15 is 0 Å². The van der Waals surface area contributed by atoms with Gasteiger partial charge in [0.2, 0.25) is 0 Å². The van der Waals surface area contributed by atoms with E-state index in [-0.39, 0.29) is 47.5 Å². The monoisotopic (exact) mass is 574 g/mol. The Morgan fingerprint density at radius 1 is 1.11 bits per heavy atom. The number of rotatable bonds is 6. The van der Waals surface area contributed by atoms with Gasteiger partial charge in [0.05, 0.1) is 29.6 Å². The number of allylic oxidation sites excluding steroid dienone is 2. The maximum atomic E-state index is 13.1.